The van der Waals surface area contributed by atoms with Gasteiger partial charge >= 0.3 is 5.69 Å². The molecular weight excluding hydrogens is 418 g/mol. The summed E-state index contributed by atoms with van der Waals surface area (Å²) >= 11 is 1.54. The predicted octanol–water partition coefficient (Wildman–Crippen LogP) is 5.14. The first-order valence-electron chi connectivity index (χ1n) is 9.18. The number of fused-ring (bicyclic) bond motifs is 1. The molecule has 8 nitrogen and oxygen atoms in total. The first kappa shape index (κ1) is 20.3. The van der Waals surface area contributed by atoms with E-state index in [9.17, 15) is 14.9 Å². The van der Waals surface area contributed by atoms with Crippen molar-refractivity contribution in [2.24, 2.45) is 0 Å². The Kier molecular flexibility index (Phi) is 5.50. The highest BCUT2D eigenvalue weighted by Crippen LogP contribution is 2.35. The van der Waals surface area contributed by atoms with Gasteiger partial charge in [-0.1, -0.05) is 12.1 Å². The zero-order valence-electron chi connectivity index (χ0n) is 16.6. The largest absolute Gasteiger partial charge is 0.495 e. The van der Waals surface area contributed by atoms with E-state index in [0.29, 0.717) is 11.4 Å². The lowest BCUT2D eigenvalue weighted by atomic mass is 10.1. The number of nitro groups is 1. The maximum Gasteiger partial charge on any atom is 0.311 e. The summed E-state index contributed by atoms with van der Waals surface area (Å²) < 4.78 is 11.4. The average molecular weight is 435 g/mol. The maximum absolute atomic E-state index is 12.8. The van der Waals surface area contributed by atoms with Crippen molar-refractivity contribution < 1.29 is 19.2 Å². The Morgan fingerprint density at radius 3 is 2.48 bits per heavy atom. The number of thiazole rings is 1. The Morgan fingerprint density at radius 2 is 1.77 bits per heavy atom. The van der Waals surface area contributed by atoms with Crippen molar-refractivity contribution in [1.82, 2.24) is 4.98 Å². The van der Waals surface area contributed by atoms with Crippen LogP contribution in [0.2, 0.25) is 0 Å². The van der Waals surface area contributed by atoms with Gasteiger partial charge in [0.15, 0.2) is 5.75 Å². The lowest BCUT2D eigenvalue weighted by Gasteiger charge is -2.12. The Labute approximate surface area is 181 Å². The number of amides is 1. The Hall–Kier alpha value is -3.98. The van der Waals surface area contributed by atoms with Crippen LogP contribution in [0.3, 0.4) is 0 Å². The summed E-state index contributed by atoms with van der Waals surface area (Å²) in [6.07, 6.45) is 0. The summed E-state index contributed by atoms with van der Waals surface area (Å²) in [5.74, 6) is 0.0312. The van der Waals surface area contributed by atoms with Crippen molar-refractivity contribution in [3.05, 3.63) is 76.3 Å². The number of ether oxygens (including phenoxy) is 2. The Bertz CT molecular complexity index is 1270. The molecule has 1 aromatic heterocycles. The van der Waals surface area contributed by atoms with Gasteiger partial charge in [0.1, 0.15) is 10.8 Å². The van der Waals surface area contributed by atoms with Crippen molar-refractivity contribution in [2.45, 2.75) is 0 Å². The minimum atomic E-state index is -0.593. The molecule has 0 aliphatic rings. The van der Waals surface area contributed by atoms with E-state index < -0.39 is 10.8 Å². The number of rotatable bonds is 6. The van der Waals surface area contributed by atoms with Gasteiger partial charge < -0.3 is 14.8 Å². The normalized spacial score (nSPS) is 10.6. The molecule has 0 bridgehead atoms. The Morgan fingerprint density at radius 1 is 1.03 bits per heavy atom. The number of nitrogens with one attached hydrogen (secondary N) is 1. The fourth-order valence-corrected chi connectivity index (χ4v) is 4.06. The van der Waals surface area contributed by atoms with Gasteiger partial charge in [-0.3, -0.25) is 14.9 Å². The molecule has 0 atom stereocenters. The highest BCUT2D eigenvalue weighted by molar-refractivity contribution is 7.21. The molecule has 156 valence electrons. The third-order valence-electron chi connectivity index (χ3n) is 4.63. The minimum Gasteiger partial charge on any atom is -0.495 e. The molecular formula is C22H17N3O5S. The van der Waals surface area contributed by atoms with Crippen LogP contribution >= 0.6 is 11.3 Å². The highest BCUT2D eigenvalue weighted by atomic mass is 32.1. The van der Waals surface area contributed by atoms with E-state index in [1.165, 1.54) is 32.4 Å². The second-order valence-corrected chi connectivity index (χ2v) is 7.53. The summed E-state index contributed by atoms with van der Waals surface area (Å²) in [6, 6.07) is 17.2. The van der Waals surface area contributed by atoms with Crippen molar-refractivity contribution in [3.8, 4) is 22.1 Å². The molecule has 1 amide bonds. The second-order valence-electron chi connectivity index (χ2n) is 6.50. The molecule has 0 unspecified atom stereocenters. The zero-order chi connectivity index (χ0) is 22.0. The third-order valence-corrected chi connectivity index (χ3v) is 5.71. The van der Waals surface area contributed by atoms with E-state index in [1.54, 1.807) is 23.5 Å². The van der Waals surface area contributed by atoms with Gasteiger partial charge in [0.2, 0.25) is 0 Å². The van der Waals surface area contributed by atoms with Crippen LogP contribution in [0.25, 0.3) is 20.8 Å². The molecule has 0 aliphatic heterocycles. The molecule has 0 saturated heterocycles. The topological polar surface area (TPSA) is 104 Å². The van der Waals surface area contributed by atoms with Crippen molar-refractivity contribution >= 4 is 38.8 Å². The number of nitrogens with zero attached hydrogens (tertiary/aromatic N) is 2. The van der Waals surface area contributed by atoms with Gasteiger partial charge in [-0.2, -0.15) is 0 Å². The van der Waals surface area contributed by atoms with E-state index >= 15 is 0 Å². The van der Waals surface area contributed by atoms with E-state index in [2.05, 4.69) is 10.3 Å². The van der Waals surface area contributed by atoms with Crippen LogP contribution in [0.1, 0.15) is 10.4 Å². The van der Waals surface area contributed by atoms with Crippen LogP contribution in [0.5, 0.6) is 11.5 Å². The molecule has 4 aromatic rings. The number of aromatic nitrogens is 1. The fraction of sp³-hybridized carbons (Fsp3) is 0.0909. The number of hydrogen-bond acceptors (Lipinski definition) is 7. The van der Waals surface area contributed by atoms with Gasteiger partial charge in [-0.05, 0) is 42.5 Å². The second kappa shape index (κ2) is 8.41. The summed E-state index contributed by atoms with van der Waals surface area (Å²) in [5.41, 5.74) is 1.99. The highest BCUT2D eigenvalue weighted by Gasteiger charge is 2.19. The van der Waals surface area contributed by atoms with Crippen LogP contribution in [0.15, 0.2) is 60.7 Å². The molecule has 0 saturated carbocycles. The molecule has 0 spiro atoms. The number of para-hydroxylation sites is 1. The molecule has 0 fully saturated rings. The third kappa shape index (κ3) is 4.03. The van der Waals surface area contributed by atoms with E-state index in [4.69, 9.17) is 9.47 Å². The monoisotopic (exact) mass is 435 g/mol. The fourth-order valence-electron chi connectivity index (χ4n) is 3.10. The average Bonchev–Trinajstić information content (AvgIpc) is 3.22. The van der Waals surface area contributed by atoms with Gasteiger partial charge in [-0.25, -0.2) is 4.98 Å². The van der Waals surface area contributed by atoms with Crippen LogP contribution in [0, 0.1) is 10.1 Å². The van der Waals surface area contributed by atoms with Crippen LogP contribution in [0.4, 0.5) is 11.4 Å². The molecule has 3 aromatic carbocycles. The summed E-state index contributed by atoms with van der Waals surface area (Å²) in [4.78, 5) is 28.1. The molecule has 4 rings (SSSR count). The Balaban J connectivity index is 1.67. The summed E-state index contributed by atoms with van der Waals surface area (Å²) in [6.45, 7) is 0. The van der Waals surface area contributed by atoms with Crippen LogP contribution < -0.4 is 14.8 Å². The van der Waals surface area contributed by atoms with Crippen LogP contribution in [-0.4, -0.2) is 30.0 Å². The molecule has 9 heteroatoms. The van der Waals surface area contributed by atoms with E-state index in [-0.39, 0.29) is 17.0 Å². The number of benzene rings is 3. The van der Waals surface area contributed by atoms with Gasteiger partial charge in [0.25, 0.3) is 5.91 Å². The number of nitro benzene ring substituents is 1. The standard InChI is InChI=1S/C22H17N3O5S/c1-29-18-9-8-14(22-24-15-5-3-4-6-20(15)31-22)11-16(18)23-21(26)13-7-10-19(30-2)17(12-13)25(27)28/h3-12H,1-2H3,(H,23,26). The summed E-state index contributed by atoms with van der Waals surface area (Å²) in [5, 5.41) is 14.8. The van der Waals surface area contributed by atoms with Gasteiger partial charge in [0.05, 0.1) is 35.0 Å². The van der Waals surface area contributed by atoms with Gasteiger partial charge in [0, 0.05) is 17.2 Å². The number of carbonyl (C=O) groups excluding carboxylic acids is 1. The number of anilines is 1. The first-order valence-corrected chi connectivity index (χ1v) is 9.99. The van der Waals surface area contributed by atoms with Crippen LogP contribution in [-0.2, 0) is 0 Å². The summed E-state index contributed by atoms with van der Waals surface area (Å²) in [7, 11) is 2.83. The van der Waals surface area contributed by atoms with Crippen molar-refractivity contribution in [1.29, 1.82) is 0 Å². The number of carbonyl (C=O) groups is 1. The maximum atomic E-state index is 12.8. The van der Waals surface area contributed by atoms with Crippen molar-refractivity contribution in [3.63, 3.8) is 0 Å². The first-order chi connectivity index (χ1) is 15.0. The number of hydrogen-bond donors (Lipinski definition) is 1. The number of methoxy groups -OCH3 is 2. The van der Waals surface area contributed by atoms with Gasteiger partial charge in [-0.15, -0.1) is 11.3 Å². The lowest BCUT2D eigenvalue weighted by molar-refractivity contribution is -0.385. The molecule has 1 N–H and O–H groups in total. The smallest absolute Gasteiger partial charge is 0.311 e. The lowest BCUT2D eigenvalue weighted by Crippen LogP contribution is -2.13. The zero-order valence-corrected chi connectivity index (χ0v) is 17.4. The molecule has 31 heavy (non-hydrogen) atoms. The molecule has 1 heterocycles. The molecule has 0 radical (unpaired) electrons. The van der Waals surface area contributed by atoms with E-state index in [1.807, 2.05) is 30.3 Å². The quantitative estimate of drug-likeness (QED) is 0.332. The van der Waals surface area contributed by atoms with E-state index in [0.717, 1.165) is 20.8 Å². The van der Waals surface area contributed by atoms with Crippen molar-refractivity contribution in [2.75, 3.05) is 19.5 Å². The molecule has 0 aliphatic carbocycles. The predicted molar refractivity (Wildman–Crippen MR) is 119 cm³/mol. The minimum absolute atomic E-state index is 0.0805. The SMILES string of the molecule is COc1ccc(-c2nc3ccccc3s2)cc1NC(=O)c1ccc(OC)c([N+](=O)[O-])c1.